The second-order valence-electron chi connectivity index (χ2n) is 7.52. The molecule has 0 bridgehead atoms. The highest BCUT2D eigenvalue weighted by molar-refractivity contribution is 8.01. The van der Waals surface area contributed by atoms with Gasteiger partial charge in [0.15, 0.2) is 11.6 Å². The van der Waals surface area contributed by atoms with Gasteiger partial charge in [0, 0.05) is 24.1 Å². The molecule has 0 spiro atoms. The molecular weight excluding hydrogens is 448 g/mol. The van der Waals surface area contributed by atoms with Gasteiger partial charge < -0.3 is 15.2 Å². The number of aromatic nitrogens is 2. The second-order valence-corrected chi connectivity index (χ2v) is 10.6. The summed E-state index contributed by atoms with van der Waals surface area (Å²) in [5.41, 5.74) is 2.92. The molecule has 32 heavy (non-hydrogen) atoms. The van der Waals surface area contributed by atoms with Crippen molar-refractivity contribution in [2.75, 3.05) is 35.3 Å². The maximum absolute atomic E-state index is 13.0. The van der Waals surface area contributed by atoms with Crippen LogP contribution in [-0.4, -0.2) is 54.0 Å². The molecule has 1 atom stereocenters. The second kappa shape index (κ2) is 9.93. The molecule has 2 aromatic carbocycles. The van der Waals surface area contributed by atoms with Gasteiger partial charge in [0.05, 0.1) is 23.4 Å². The Bertz CT molecular complexity index is 1200. The molecule has 4 rings (SSSR count). The number of aliphatic hydroxyl groups excluding tert-OH is 1. The van der Waals surface area contributed by atoms with E-state index in [9.17, 15) is 13.5 Å². The zero-order valence-corrected chi connectivity index (χ0v) is 19.4. The number of ether oxygens (including phenoxy) is 1. The van der Waals surface area contributed by atoms with Crippen LogP contribution in [0, 0.1) is 0 Å². The van der Waals surface area contributed by atoms with Crippen molar-refractivity contribution < 1.29 is 18.3 Å². The van der Waals surface area contributed by atoms with Crippen molar-refractivity contribution in [3.63, 3.8) is 0 Å². The highest BCUT2D eigenvalue weighted by Gasteiger charge is 2.30. The maximum atomic E-state index is 13.0. The van der Waals surface area contributed by atoms with Crippen molar-refractivity contribution in [2.24, 2.45) is 0 Å². The number of para-hydroxylation sites is 2. The van der Waals surface area contributed by atoms with Gasteiger partial charge in [-0.1, -0.05) is 18.2 Å². The third-order valence-electron chi connectivity index (χ3n) is 5.31. The molecule has 1 fully saturated rings. The number of benzene rings is 2. The molecule has 1 saturated heterocycles. The average molecular weight is 475 g/mol. The van der Waals surface area contributed by atoms with Crippen LogP contribution in [0.1, 0.15) is 18.4 Å². The molecule has 10 heteroatoms. The Morgan fingerprint density at radius 2 is 1.91 bits per heavy atom. The van der Waals surface area contributed by atoms with Gasteiger partial charge in [-0.05, 0) is 48.8 Å². The lowest BCUT2D eigenvalue weighted by Gasteiger charge is -2.18. The minimum absolute atomic E-state index is 0.0751. The molecular formula is C22H26N4O4S2. The first-order valence-electron chi connectivity index (χ1n) is 10.4. The van der Waals surface area contributed by atoms with Gasteiger partial charge in [-0.15, -0.1) is 0 Å². The molecule has 8 nitrogen and oxygen atoms in total. The van der Waals surface area contributed by atoms with Crippen LogP contribution in [0.2, 0.25) is 0 Å². The Labute approximate surface area is 191 Å². The van der Waals surface area contributed by atoms with Gasteiger partial charge in [0.2, 0.25) is 10.0 Å². The average Bonchev–Trinajstić information content (AvgIpc) is 3.34. The number of methoxy groups -OCH3 is 1. The SMILES string of the molecule is COc1ccc(CCCO)c(Nc2nc3ccccc3nc2NS(=O)(=O)C2CCSC2)c1. The Kier molecular flexibility index (Phi) is 7.02. The van der Waals surface area contributed by atoms with Crippen molar-refractivity contribution in [3.8, 4) is 5.75 Å². The highest BCUT2D eigenvalue weighted by atomic mass is 32.2. The molecule has 1 aliphatic rings. The number of aliphatic hydroxyl groups is 1. The van der Waals surface area contributed by atoms with Crippen LogP contribution >= 0.6 is 11.8 Å². The minimum atomic E-state index is -3.60. The number of rotatable bonds is 9. The fraction of sp³-hybridized carbons (Fsp3) is 0.364. The van der Waals surface area contributed by atoms with E-state index in [2.05, 4.69) is 20.0 Å². The predicted molar refractivity (Wildman–Crippen MR) is 129 cm³/mol. The molecule has 1 unspecified atom stereocenters. The quantitative estimate of drug-likeness (QED) is 0.431. The van der Waals surface area contributed by atoms with E-state index in [1.807, 2.05) is 36.4 Å². The van der Waals surface area contributed by atoms with Crippen molar-refractivity contribution in [2.45, 2.75) is 24.5 Å². The normalized spacial score (nSPS) is 16.2. The van der Waals surface area contributed by atoms with Gasteiger partial charge >= 0.3 is 0 Å². The largest absolute Gasteiger partial charge is 0.497 e. The van der Waals surface area contributed by atoms with Gasteiger partial charge in [-0.2, -0.15) is 11.8 Å². The molecule has 0 radical (unpaired) electrons. The topological polar surface area (TPSA) is 113 Å². The number of nitrogens with zero attached hydrogens (tertiary/aromatic N) is 2. The number of nitrogens with one attached hydrogen (secondary N) is 2. The Balaban J connectivity index is 1.75. The number of fused-ring (bicyclic) bond motifs is 1. The lowest BCUT2D eigenvalue weighted by atomic mass is 10.1. The van der Waals surface area contributed by atoms with E-state index in [-0.39, 0.29) is 12.4 Å². The van der Waals surface area contributed by atoms with E-state index < -0.39 is 15.3 Å². The molecule has 0 saturated carbocycles. The predicted octanol–water partition coefficient (Wildman–Crippen LogP) is 3.55. The van der Waals surface area contributed by atoms with Crippen LogP contribution in [0.15, 0.2) is 42.5 Å². The summed E-state index contributed by atoms with van der Waals surface area (Å²) in [4.78, 5) is 9.23. The Morgan fingerprint density at radius 3 is 2.56 bits per heavy atom. The summed E-state index contributed by atoms with van der Waals surface area (Å²) in [6, 6.07) is 12.9. The summed E-state index contributed by atoms with van der Waals surface area (Å²) in [6.07, 6.45) is 1.86. The van der Waals surface area contributed by atoms with E-state index in [1.165, 1.54) is 0 Å². The van der Waals surface area contributed by atoms with Gasteiger partial charge in [-0.3, -0.25) is 4.72 Å². The monoisotopic (exact) mass is 474 g/mol. The van der Waals surface area contributed by atoms with Crippen LogP contribution in [0.4, 0.5) is 17.3 Å². The van der Waals surface area contributed by atoms with Gasteiger partial charge in [-0.25, -0.2) is 18.4 Å². The van der Waals surface area contributed by atoms with Crippen molar-refractivity contribution in [1.29, 1.82) is 0 Å². The first kappa shape index (κ1) is 22.6. The smallest absolute Gasteiger partial charge is 0.237 e. The molecule has 0 aliphatic carbocycles. The number of anilines is 3. The van der Waals surface area contributed by atoms with E-state index in [0.29, 0.717) is 47.6 Å². The number of sulfonamides is 1. The summed E-state index contributed by atoms with van der Waals surface area (Å²) in [5, 5.41) is 12.1. The molecule has 3 aromatic rings. The van der Waals surface area contributed by atoms with Crippen molar-refractivity contribution in [3.05, 3.63) is 48.0 Å². The van der Waals surface area contributed by atoms with Crippen molar-refractivity contribution >= 4 is 50.1 Å². The third kappa shape index (κ3) is 5.08. The first-order chi connectivity index (χ1) is 15.5. The fourth-order valence-electron chi connectivity index (χ4n) is 3.55. The number of aryl methyl sites for hydroxylation is 1. The van der Waals surface area contributed by atoms with E-state index in [0.717, 1.165) is 17.0 Å². The summed E-state index contributed by atoms with van der Waals surface area (Å²) in [7, 11) is -2.02. The van der Waals surface area contributed by atoms with Crippen LogP contribution in [-0.2, 0) is 16.4 Å². The molecule has 2 heterocycles. The Morgan fingerprint density at radius 1 is 1.16 bits per heavy atom. The molecule has 1 aliphatic heterocycles. The summed E-state index contributed by atoms with van der Waals surface area (Å²) in [5.74, 6) is 2.53. The van der Waals surface area contributed by atoms with Gasteiger partial charge in [0.25, 0.3) is 0 Å². The van der Waals surface area contributed by atoms with Crippen LogP contribution in [0.25, 0.3) is 11.0 Å². The van der Waals surface area contributed by atoms with Crippen LogP contribution in [0.5, 0.6) is 5.75 Å². The molecule has 1 aromatic heterocycles. The summed E-state index contributed by atoms with van der Waals surface area (Å²) >= 11 is 1.64. The minimum Gasteiger partial charge on any atom is -0.497 e. The van der Waals surface area contributed by atoms with E-state index in [1.54, 1.807) is 24.9 Å². The fourth-order valence-corrected chi connectivity index (χ4v) is 6.76. The zero-order chi connectivity index (χ0) is 22.6. The lowest BCUT2D eigenvalue weighted by molar-refractivity contribution is 0.288. The molecule has 170 valence electrons. The van der Waals surface area contributed by atoms with E-state index >= 15 is 0 Å². The van der Waals surface area contributed by atoms with Gasteiger partial charge in [0.1, 0.15) is 5.75 Å². The third-order valence-corrected chi connectivity index (χ3v) is 8.44. The highest BCUT2D eigenvalue weighted by Crippen LogP contribution is 2.32. The lowest BCUT2D eigenvalue weighted by Crippen LogP contribution is -2.28. The maximum Gasteiger partial charge on any atom is 0.237 e. The number of thioether (sulfide) groups is 1. The number of hydrogen-bond donors (Lipinski definition) is 3. The molecule has 3 N–H and O–H groups in total. The summed E-state index contributed by atoms with van der Waals surface area (Å²) < 4.78 is 34.0. The van der Waals surface area contributed by atoms with Crippen LogP contribution < -0.4 is 14.8 Å². The Hall–Kier alpha value is -2.56. The standard InChI is InChI=1S/C22H26N4O4S2/c1-30-16-9-8-15(5-4-11-27)20(13-16)25-21-22(24-19-7-3-2-6-18(19)23-21)26-32(28,29)17-10-12-31-14-17/h2-3,6-9,13,17,27H,4-5,10-12,14H2,1H3,(H,23,25)(H,24,26). The first-order valence-corrected chi connectivity index (χ1v) is 13.1. The summed E-state index contributed by atoms with van der Waals surface area (Å²) in [6.45, 7) is 0.0751. The van der Waals surface area contributed by atoms with Crippen molar-refractivity contribution in [1.82, 2.24) is 9.97 Å². The number of hydrogen-bond acceptors (Lipinski definition) is 8. The molecule has 0 amide bonds. The zero-order valence-electron chi connectivity index (χ0n) is 17.7. The van der Waals surface area contributed by atoms with Crippen LogP contribution in [0.3, 0.4) is 0 Å². The van der Waals surface area contributed by atoms with E-state index in [4.69, 9.17) is 4.74 Å².